The molecule has 4 heteroatoms. The highest BCUT2D eigenvalue weighted by atomic mass is 35.5. The maximum atomic E-state index is 5.96. The summed E-state index contributed by atoms with van der Waals surface area (Å²) >= 11 is 5.96. The Hall–Kier alpha value is -1.87. The summed E-state index contributed by atoms with van der Waals surface area (Å²) in [7, 11) is 0. The molecule has 80 valence electrons. The van der Waals surface area contributed by atoms with E-state index in [1.807, 2.05) is 36.4 Å². The number of nitrogens with zero attached hydrogens (tertiary/aromatic N) is 2. The first kappa shape index (κ1) is 10.6. The first-order chi connectivity index (χ1) is 7.86. The number of aromatic nitrogens is 1. The van der Waals surface area contributed by atoms with E-state index in [1.165, 1.54) is 0 Å². The van der Waals surface area contributed by atoms with Crippen LogP contribution >= 0.6 is 11.6 Å². The van der Waals surface area contributed by atoms with Crippen LogP contribution in [0.1, 0.15) is 5.56 Å². The van der Waals surface area contributed by atoms with E-state index in [0.717, 1.165) is 11.3 Å². The molecule has 1 aromatic heterocycles. The van der Waals surface area contributed by atoms with Gasteiger partial charge in [-0.2, -0.15) is 5.10 Å². The Balaban J connectivity index is 2.03. The molecular weight excluding hydrogens is 222 g/mol. The summed E-state index contributed by atoms with van der Waals surface area (Å²) in [4.78, 5) is 3.98. The maximum absolute atomic E-state index is 5.96. The molecule has 0 aliphatic heterocycles. The van der Waals surface area contributed by atoms with Crippen molar-refractivity contribution in [3.05, 3.63) is 59.4 Å². The van der Waals surface area contributed by atoms with Crippen molar-refractivity contribution < 1.29 is 0 Å². The van der Waals surface area contributed by atoms with Gasteiger partial charge in [-0.3, -0.25) is 10.4 Å². The minimum atomic E-state index is 0.644. The van der Waals surface area contributed by atoms with E-state index in [0.29, 0.717) is 5.02 Å². The standard InChI is InChI=1S/C12H10ClN3/c13-11-5-1-2-6-12(11)16-15-9-10-4-3-7-14-8-10/h1-9,16H/b15-9-. The van der Waals surface area contributed by atoms with E-state index in [4.69, 9.17) is 11.6 Å². The van der Waals surface area contributed by atoms with Gasteiger partial charge in [-0.15, -0.1) is 0 Å². The van der Waals surface area contributed by atoms with Crippen LogP contribution in [0.5, 0.6) is 0 Å². The van der Waals surface area contributed by atoms with E-state index >= 15 is 0 Å². The first-order valence-corrected chi connectivity index (χ1v) is 5.18. The normalized spacial score (nSPS) is 10.6. The Morgan fingerprint density at radius 3 is 2.81 bits per heavy atom. The summed E-state index contributed by atoms with van der Waals surface area (Å²) in [5.74, 6) is 0. The Kier molecular flexibility index (Phi) is 3.51. The molecule has 0 saturated carbocycles. The zero-order valence-electron chi connectivity index (χ0n) is 8.47. The fourth-order valence-electron chi connectivity index (χ4n) is 1.18. The van der Waals surface area contributed by atoms with Gasteiger partial charge in [-0.25, -0.2) is 0 Å². The largest absolute Gasteiger partial charge is 0.277 e. The Bertz CT molecular complexity index is 483. The van der Waals surface area contributed by atoms with E-state index in [2.05, 4.69) is 15.5 Å². The van der Waals surface area contributed by atoms with Crippen molar-refractivity contribution in [1.29, 1.82) is 0 Å². The van der Waals surface area contributed by atoms with Gasteiger partial charge in [0.25, 0.3) is 0 Å². The van der Waals surface area contributed by atoms with Crippen LogP contribution in [0.15, 0.2) is 53.9 Å². The second-order valence-corrected chi connectivity index (χ2v) is 3.54. The summed E-state index contributed by atoms with van der Waals surface area (Å²) in [6, 6.07) is 11.2. The quantitative estimate of drug-likeness (QED) is 0.651. The van der Waals surface area contributed by atoms with E-state index in [9.17, 15) is 0 Å². The van der Waals surface area contributed by atoms with Gasteiger partial charge in [0.05, 0.1) is 16.9 Å². The van der Waals surface area contributed by atoms with Crippen molar-refractivity contribution in [2.45, 2.75) is 0 Å². The van der Waals surface area contributed by atoms with Crippen molar-refractivity contribution in [1.82, 2.24) is 4.98 Å². The fraction of sp³-hybridized carbons (Fsp3) is 0. The monoisotopic (exact) mass is 231 g/mol. The maximum Gasteiger partial charge on any atom is 0.0748 e. The number of anilines is 1. The molecule has 0 aliphatic carbocycles. The zero-order chi connectivity index (χ0) is 11.2. The molecule has 0 aliphatic rings. The molecule has 0 amide bonds. The zero-order valence-corrected chi connectivity index (χ0v) is 9.22. The highest BCUT2D eigenvalue weighted by Gasteiger charge is 1.94. The number of halogens is 1. The average molecular weight is 232 g/mol. The lowest BCUT2D eigenvalue weighted by Crippen LogP contribution is -1.91. The lowest BCUT2D eigenvalue weighted by Gasteiger charge is -2.01. The van der Waals surface area contributed by atoms with Gasteiger partial charge in [-0.1, -0.05) is 29.8 Å². The van der Waals surface area contributed by atoms with Gasteiger partial charge in [0.2, 0.25) is 0 Å². The van der Waals surface area contributed by atoms with Gasteiger partial charge in [0.1, 0.15) is 0 Å². The summed E-state index contributed by atoms with van der Waals surface area (Å²) in [6.45, 7) is 0. The molecule has 0 bridgehead atoms. The highest BCUT2D eigenvalue weighted by molar-refractivity contribution is 6.33. The first-order valence-electron chi connectivity index (χ1n) is 4.80. The van der Waals surface area contributed by atoms with Crippen molar-refractivity contribution in [2.24, 2.45) is 5.10 Å². The van der Waals surface area contributed by atoms with E-state index in [-0.39, 0.29) is 0 Å². The third-order valence-electron chi connectivity index (χ3n) is 1.96. The highest BCUT2D eigenvalue weighted by Crippen LogP contribution is 2.19. The van der Waals surface area contributed by atoms with E-state index < -0.39 is 0 Å². The number of hydrogen-bond donors (Lipinski definition) is 1. The minimum Gasteiger partial charge on any atom is -0.277 e. The number of benzene rings is 1. The molecular formula is C12H10ClN3. The van der Waals surface area contributed by atoms with E-state index in [1.54, 1.807) is 18.6 Å². The lowest BCUT2D eigenvalue weighted by molar-refractivity contribution is 1.30. The summed E-state index contributed by atoms with van der Waals surface area (Å²) < 4.78 is 0. The molecule has 0 atom stereocenters. The molecule has 1 aromatic carbocycles. The number of rotatable bonds is 3. The molecule has 2 rings (SSSR count). The summed E-state index contributed by atoms with van der Waals surface area (Å²) in [5, 5.41) is 4.72. The van der Waals surface area contributed by atoms with Crippen molar-refractivity contribution >= 4 is 23.5 Å². The smallest absolute Gasteiger partial charge is 0.0748 e. The number of hydrogen-bond acceptors (Lipinski definition) is 3. The molecule has 0 unspecified atom stereocenters. The Morgan fingerprint density at radius 1 is 1.19 bits per heavy atom. The number of hydrazone groups is 1. The molecule has 16 heavy (non-hydrogen) atoms. The van der Waals surface area contributed by atoms with Crippen LogP contribution in [0.3, 0.4) is 0 Å². The second kappa shape index (κ2) is 5.28. The molecule has 0 fully saturated rings. The Labute approximate surface area is 98.8 Å². The van der Waals surface area contributed by atoms with Crippen LogP contribution < -0.4 is 5.43 Å². The van der Waals surface area contributed by atoms with Crippen LogP contribution in [-0.2, 0) is 0 Å². The SMILES string of the molecule is Clc1ccccc1N/N=C\c1cccnc1. The van der Waals surface area contributed by atoms with Crippen LogP contribution in [0, 0.1) is 0 Å². The van der Waals surface area contributed by atoms with Crippen molar-refractivity contribution in [3.63, 3.8) is 0 Å². The Morgan fingerprint density at radius 2 is 2.06 bits per heavy atom. The van der Waals surface area contributed by atoms with Crippen LogP contribution in [-0.4, -0.2) is 11.2 Å². The topological polar surface area (TPSA) is 37.3 Å². The number of pyridine rings is 1. The van der Waals surface area contributed by atoms with Crippen molar-refractivity contribution in [2.75, 3.05) is 5.43 Å². The summed E-state index contributed by atoms with van der Waals surface area (Å²) in [6.07, 6.45) is 5.15. The predicted octanol–water partition coefficient (Wildman–Crippen LogP) is 3.18. The van der Waals surface area contributed by atoms with Crippen molar-refractivity contribution in [3.8, 4) is 0 Å². The minimum absolute atomic E-state index is 0.644. The molecule has 1 heterocycles. The van der Waals surface area contributed by atoms with Gasteiger partial charge in [-0.05, 0) is 18.2 Å². The van der Waals surface area contributed by atoms with Gasteiger partial charge < -0.3 is 0 Å². The second-order valence-electron chi connectivity index (χ2n) is 3.14. The molecule has 1 N–H and O–H groups in total. The number of nitrogens with one attached hydrogen (secondary N) is 1. The van der Waals surface area contributed by atoms with Gasteiger partial charge in [0.15, 0.2) is 0 Å². The van der Waals surface area contributed by atoms with Crippen LogP contribution in [0.2, 0.25) is 5.02 Å². The number of para-hydroxylation sites is 1. The third-order valence-corrected chi connectivity index (χ3v) is 2.29. The third kappa shape index (κ3) is 2.81. The fourth-order valence-corrected chi connectivity index (χ4v) is 1.36. The average Bonchev–Trinajstić information content (AvgIpc) is 2.33. The molecule has 3 nitrogen and oxygen atoms in total. The van der Waals surface area contributed by atoms with Gasteiger partial charge in [0, 0.05) is 18.0 Å². The summed E-state index contributed by atoms with van der Waals surface area (Å²) in [5.41, 5.74) is 4.59. The predicted molar refractivity (Wildman–Crippen MR) is 66.9 cm³/mol. The van der Waals surface area contributed by atoms with Crippen LogP contribution in [0.4, 0.5) is 5.69 Å². The molecule has 0 radical (unpaired) electrons. The van der Waals surface area contributed by atoms with Crippen LogP contribution in [0.25, 0.3) is 0 Å². The van der Waals surface area contributed by atoms with Gasteiger partial charge >= 0.3 is 0 Å². The molecule has 0 spiro atoms. The lowest BCUT2D eigenvalue weighted by atomic mass is 10.3. The molecule has 2 aromatic rings. The molecule has 0 saturated heterocycles.